The number of fused-ring (bicyclic) bond motifs is 1. The molecule has 0 radical (unpaired) electrons. The highest BCUT2D eigenvalue weighted by atomic mass is 16.6. The molecule has 1 atom stereocenters. The molecule has 2 aromatic rings. The third kappa shape index (κ3) is 3.91. The Kier molecular flexibility index (Phi) is 4.52. The number of carbonyl (C=O) groups excluding carboxylic acids is 1. The van der Waals surface area contributed by atoms with Gasteiger partial charge < -0.3 is 24.7 Å². The average molecular weight is 334 g/mol. The van der Waals surface area contributed by atoms with Crippen molar-refractivity contribution in [3.63, 3.8) is 0 Å². The molecule has 2 aromatic heterocycles. The number of aromatic amines is 1. The molecular weight excluding hydrogens is 312 g/mol. The first-order valence-corrected chi connectivity index (χ1v) is 7.90. The molecule has 9 heteroatoms. The van der Waals surface area contributed by atoms with Gasteiger partial charge in [-0.1, -0.05) is 0 Å². The lowest BCUT2D eigenvalue weighted by atomic mass is 10.2. The number of aromatic nitrogens is 4. The zero-order valence-corrected chi connectivity index (χ0v) is 14.1. The third-order valence-corrected chi connectivity index (χ3v) is 3.51. The van der Waals surface area contributed by atoms with Gasteiger partial charge in [0.25, 0.3) is 0 Å². The maximum Gasteiger partial charge on any atom is 0.407 e. The number of morpholine rings is 1. The van der Waals surface area contributed by atoms with E-state index < -0.39 is 11.7 Å². The maximum absolute atomic E-state index is 11.8. The monoisotopic (exact) mass is 334 g/mol. The molecule has 0 bridgehead atoms. The van der Waals surface area contributed by atoms with Gasteiger partial charge in [0.2, 0.25) is 0 Å². The third-order valence-electron chi connectivity index (χ3n) is 3.51. The van der Waals surface area contributed by atoms with E-state index in [-0.39, 0.29) is 6.10 Å². The summed E-state index contributed by atoms with van der Waals surface area (Å²) in [6.07, 6.45) is 2.52. The summed E-state index contributed by atoms with van der Waals surface area (Å²) in [5, 5.41) is 2.75. The van der Waals surface area contributed by atoms with Crippen molar-refractivity contribution in [1.82, 2.24) is 25.3 Å². The summed E-state index contributed by atoms with van der Waals surface area (Å²) in [5.74, 6) is 0.795. The molecule has 3 heterocycles. The van der Waals surface area contributed by atoms with Crippen LogP contribution in [0.15, 0.2) is 12.7 Å². The van der Waals surface area contributed by atoms with Crippen molar-refractivity contribution in [3.8, 4) is 0 Å². The Morgan fingerprint density at radius 3 is 3.08 bits per heavy atom. The molecule has 0 spiro atoms. The van der Waals surface area contributed by atoms with Gasteiger partial charge in [-0.2, -0.15) is 0 Å². The smallest absolute Gasteiger partial charge is 0.407 e. The molecule has 9 nitrogen and oxygen atoms in total. The lowest BCUT2D eigenvalue weighted by Gasteiger charge is -2.33. The number of hydrogen-bond acceptors (Lipinski definition) is 7. The van der Waals surface area contributed by atoms with E-state index in [2.05, 4.69) is 30.2 Å². The van der Waals surface area contributed by atoms with Crippen LogP contribution in [0.3, 0.4) is 0 Å². The Balaban J connectivity index is 1.61. The highest BCUT2D eigenvalue weighted by molar-refractivity contribution is 5.82. The number of hydrogen-bond donors (Lipinski definition) is 2. The van der Waals surface area contributed by atoms with Crippen LogP contribution in [-0.2, 0) is 9.47 Å². The van der Waals surface area contributed by atoms with Gasteiger partial charge in [-0.05, 0) is 20.8 Å². The van der Waals surface area contributed by atoms with Crippen LogP contribution < -0.4 is 10.2 Å². The topological polar surface area (TPSA) is 105 Å². The van der Waals surface area contributed by atoms with Crippen molar-refractivity contribution in [1.29, 1.82) is 0 Å². The van der Waals surface area contributed by atoms with Gasteiger partial charge in [-0.25, -0.2) is 19.7 Å². The SMILES string of the molecule is CC(C)(C)OC(=O)NCC1CN(c2ncnc3nc[nH]c23)CCO1. The number of imidazole rings is 1. The van der Waals surface area contributed by atoms with E-state index in [0.29, 0.717) is 31.9 Å². The van der Waals surface area contributed by atoms with E-state index in [0.717, 1.165) is 11.3 Å². The minimum absolute atomic E-state index is 0.140. The first kappa shape index (κ1) is 16.4. The lowest BCUT2D eigenvalue weighted by Crippen LogP contribution is -2.48. The summed E-state index contributed by atoms with van der Waals surface area (Å²) >= 11 is 0. The molecule has 0 aliphatic carbocycles. The van der Waals surface area contributed by atoms with E-state index in [9.17, 15) is 4.79 Å². The van der Waals surface area contributed by atoms with Gasteiger partial charge in [-0.15, -0.1) is 0 Å². The highest BCUT2D eigenvalue weighted by Gasteiger charge is 2.25. The molecule has 3 rings (SSSR count). The first-order valence-electron chi connectivity index (χ1n) is 7.90. The van der Waals surface area contributed by atoms with Gasteiger partial charge in [0.05, 0.1) is 19.0 Å². The normalized spacial score (nSPS) is 18.6. The van der Waals surface area contributed by atoms with Crippen LogP contribution in [0.4, 0.5) is 10.6 Å². The summed E-state index contributed by atoms with van der Waals surface area (Å²) < 4.78 is 11.0. The fourth-order valence-corrected chi connectivity index (χ4v) is 2.54. The number of H-pyrrole nitrogens is 1. The zero-order chi connectivity index (χ0) is 17.2. The number of nitrogens with zero attached hydrogens (tertiary/aromatic N) is 4. The summed E-state index contributed by atoms with van der Waals surface area (Å²) in [7, 11) is 0. The Bertz CT molecular complexity index is 711. The summed E-state index contributed by atoms with van der Waals surface area (Å²) in [6, 6.07) is 0. The van der Waals surface area contributed by atoms with Crippen molar-refractivity contribution in [2.45, 2.75) is 32.5 Å². The van der Waals surface area contributed by atoms with Crippen LogP contribution in [0.1, 0.15) is 20.8 Å². The minimum atomic E-state index is -0.517. The van der Waals surface area contributed by atoms with Gasteiger partial charge in [0, 0.05) is 19.6 Å². The zero-order valence-electron chi connectivity index (χ0n) is 14.1. The van der Waals surface area contributed by atoms with Crippen LogP contribution in [0, 0.1) is 0 Å². The van der Waals surface area contributed by atoms with Crippen LogP contribution in [0.5, 0.6) is 0 Å². The number of anilines is 1. The van der Waals surface area contributed by atoms with Crippen molar-refractivity contribution < 1.29 is 14.3 Å². The van der Waals surface area contributed by atoms with E-state index in [1.807, 2.05) is 20.8 Å². The molecule has 130 valence electrons. The minimum Gasteiger partial charge on any atom is -0.444 e. The Morgan fingerprint density at radius 2 is 2.29 bits per heavy atom. The number of rotatable bonds is 3. The molecule has 1 aliphatic rings. The molecule has 1 saturated heterocycles. The molecule has 1 amide bonds. The number of nitrogens with one attached hydrogen (secondary N) is 2. The fourth-order valence-electron chi connectivity index (χ4n) is 2.54. The molecule has 1 aliphatic heterocycles. The number of ether oxygens (including phenoxy) is 2. The van der Waals surface area contributed by atoms with Crippen LogP contribution in [0.2, 0.25) is 0 Å². The van der Waals surface area contributed by atoms with Crippen molar-refractivity contribution in [2.24, 2.45) is 0 Å². The Labute approximate surface area is 139 Å². The van der Waals surface area contributed by atoms with Gasteiger partial charge in [-0.3, -0.25) is 0 Å². The second kappa shape index (κ2) is 6.60. The Hall–Kier alpha value is -2.42. The largest absolute Gasteiger partial charge is 0.444 e. The maximum atomic E-state index is 11.8. The highest BCUT2D eigenvalue weighted by Crippen LogP contribution is 2.21. The quantitative estimate of drug-likeness (QED) is 0.865. The molecule has 1 unspecified atom stereocenters. The van der Waals surface area contributed by atoms with E-state index in [1.165, 1.54) is 6.33 Å². The Morgan fingerprint density at radius 1 is 1.46 bits per heavy atom. The molecule has 0 aromatic carbocycles. The summed E-state index contributed by atoms with van der Waals surface area (Å²) in [6.45, 7) is 7.75. The fraction of sp³-hybridized carbons (Fsp3) is 0.600. The van der Waals surface area contributed by atoms with Crippen molar-refractivity contribution >= 4 is 23.1 Å². The van der Waals surface area contributed by atoms with Crippen molar-refractivity contribution in [2.75, 3.05) is 31.1 Å². The van der Waals surface area contributed by atoms with E-state index in [4.69, 9.17) is 9.47 Å². The van der Waals surface area contributed by atoms with Gasteiger partial charge in [0.15, 0.2) is 11.5 Å². The number of carbonyl (C=O) groups is 1. The molecule has 24 heavy (non-hydrogen) atoms. The van der Waals surface area contributed by atoms with E-state index >= 15 is 0 Å². The summed E-state index contributed by atoms with van der Waals surface area (Å²) in [4.78, 5) is 29.6. The van der Waals surface area contributed by atoms with Crippen molar-refractivity contribution in [3.05, 3.63) is 12.7 Å². The summed E-state index contributed by atoms with van der Waals surface area (Å²) in [5.41, 5.74) is 0.921. The van der Waals surface area contributed by atoms with Gasteiger partial charge >= 0.3 is 6.09 Å². The van der Waals surface area contributed by atoms with Crippen LogP contribution in [-0.4, -0.2) is 64.0 Å². The molecule has 1 fully saturated rings. The molecule has 0 saturated carbocycles. The van der Waals surface area contributed by atoms with Crippen LogP contribution >= 0.6 is 0 Å². The lowest BCUT2D eigenvalue weighted by molar-refractivity contribution is 0.0282. The van der Waals surface area contributed by atoms with E-state index in [1.54, 1.807) is 6.33 Å². The van der Waals surface area contributed by atoms with Gasteiger partial charge in [0.1, 0.15) is 17.4 Å². The predicted molar refractivity (Wildman–Crippen MR) is 87.9 cm³/mol. The number of amides is 1. The predicted octanol–water partition coefficient (Wildman–Crippen LogP) is 1.08. The molecule has 2 N–H and O–H groups in total. The molecular formula is C15H22N6O3. The standard InChI is InChI=1S/C15H22N6O3/c1-15(2,3)24-14(22)16-6-10-7-21(4-5-23-10)13-11-12(18-8-17-11)19-9-20-13/h8-10H,4-7H2,1-3H3,(H,16,22)(H,17,18,19,20). The second-order valence-corrected chi connectivity index (χ2v) is 6.62. The second-order valence-electron chi connectivity index (χ2n) is 6.62. The number of alkyl carbamates (subject to hydrolysis) is 1. The average Bonchev–Trinajstić information content (AvgIpc) is 3.00. The first-order chi connectivity index (χ1) is 11.4. The van der Waals surface area contributed by atoms with Crippen LogP contribution in [0.25, 0.3) is 11.2 Å².